The molecule has 0 fully saturated rings. The van der Waals surface area contributed by atoms with E-state index in [4.69, 9.17) is 16.3 Å². The van der Waals surface area contributed by atoms with Gasteiger partial charge in [-0.3, -0.25) is 4.79 Å². The number of aliphatic carboxylic acids is 1. The largest absolute Gasteiger partial charge is 0.488 e. The lowest BCUT2D eigenvalue weighted by Gasteiger charge is -2.32. The Bertz CT molecular complexity index is 1260. The molecule has 0 spiro atoms. The summed E-state index contributed by atoms with van der Waals surface area (Å²) >= 11 is 6.01. The molecule has 164 valence electrons. The van der Waals surface area contributed by atoms with E-state index in [9.17, 15) is 18.3 Å². The van der Waals surface area contributed by atoms with Crippen molar-refractivity contribution in [3.63, 3.8) is 0 Å². The number of hydrogen-bond acceptors (Lipinski definition) is 4. The zero-order valence-electron chi connectivity index (χ0n) is 17.3. The topological polar surface area (TPSA) is 96.5 Å². The van der Waals surface area contributed by atoms with Crippen LogP contribution in [0.5, 0.6) is 5.75 Å². The summed E-state index contributed by atoms with van der Waals surface area (Å²) in [7, 11) is -4.06. The molecular weight excluding hydrogens is 438 g/mol. The summed E-state index contributed by atoms with van der Waals surface area (Å²) < 4.78 is 32.3. The molecule has 4 rings (SSSR count). The lowest BCUT2D eigenvalue weighted by molar-refractivity contribution is -0.136. The predicted molar refractivity (Wildman–Crippen MR) is 120 cm³/mol. The maximum absolute atomic E-state index is 13.2. The van der Waals surface area contributed by atoms with Gasteiger partial charge in [-0.25, -0.2) is 8.42 Å². The van der Waals surface area contributed by atoms with E-state index >= 15 is 0 Å². The Kier molecular flexibility index (Phi) is 5.52. The maximum Gasteiger partial charge on any atom is 0.322 e. The van der Waals surface area contributed by atoms with Gasteiger partial charge in [-0.2, -0.15) is 0 Å². The van der Waals surface area contributed by atoms with Crippen LogP contribution in [0.1, 0.15) is 37.9 Å². The van der Waals surface area contributed by atoms with Crippen molar-refractivity contribution in [2.45, 2.75) is 55.3 Å². The molecule has 2 heterocycles. The summed E-state index contributed by atoms with van der Waals surface area (Å²) in [5.74, 6) is -0.701. The number of H-pyrrole nitrogens is 1. The number of nitrogens with one attached hydrogen (secondary N) is 1. The molecule has 31 heavy (non-hydrogen) atoms. The molecule has 1 unspecified atom stereocenters. The van der Waals surface area contributed by atoms with Crippen molar-refractivity contribution in [2.75, 3.05) is 0 Å². The standard InChI is InChI=1S/C23H24ClNO5S/c1-23(2)10-9-14-13-18(5-7-20(14)30-23)31(28,29)21(22(26)27)8-4-17-12-15-11-16(24)3-6-19(15)25-17/h3,5-7,11-13,21,25H,4,8-10H2,1-2H3,(H,26,27). The minimum absolute atomic E-state index is 0.0189. The molecule has 0 amide bonds. The van der Waals surface area contributed by atoms with E-state index in [0.717, 1.165) is 28.6 Å². The fourth-order valence-electron chi connectivity index (χ4n) is 3.97. The Morgan fingerprint density at radius 1 is 1.23 bits per heavy atom. The minimum atomic E-state index is -4.06. The highest BCUT2D eigenvalue weighted by molar-refractivity contribution is 7.92. The van der Waals surface area contributed by atoms with E-state index in [-0.39, 0.29) is 23.3 Å². The van der Waals surface area contributed by atoms with E-state index in [2.05, 4.69) is 4.98 Å². The summed E-state index contributed by atoms with van der Waals surface area (Å²) in [4.78, 5) is 15.1. The number of aromatic nitrogens is 1. The zero-order chi connectivity index (χ0) is 22.4. The van der Waals surface area contributed by atoms with Gasteiger partial charge in [-0.1, -0.05) is 11.6 Å². The van der Waals surface area contributed by atoms with E-state index in [1.165, 1.54) is 6.07 Å². The molecule has 6 nitrogen and oxygen atoms in total. The fraction of sp³-hybridized carbons (Fsp3) is 0.348. The first kappa shape index (κ1) is 21.7. The second-order valence-corrected chi connectivity index (χ2v) is 11.1. The zero-order valence-corrected chi connectivity index (χ0v) is 18.9. The van der Waals surface area contributed by atoms with Crippen LogP contribution < -0.4 is 4.74 Å². The van der Waals surface area contributed by atoms with Crippen molar-refractivity contribution in [3.8, 4) is 5.75 Å². The first-order valence-corrected chi connectivity index (χ1v) is 12.0. The average Bonchev–Trinajstić information content (AvgIpc) is 3.08. The van der Waals surface area contributed by atoms with E-state index in [1.807, 2.05) is 26.0 Å². The smallest absolute Gasteiger partial charge is 0.322 e. The molecule has 0 saturated heterocycles. The van der Waals surface area contributed by atoms with E-state index in [1.54, 1.807) is 24.3 Å². The van der Waals surface area contributed by atoms with Gasteiger partial charge in [0.25, 0.3) is 0 Å². The molecule has 0 bridgehead atoms. The quantitative estimate of drug-likeness (QED) is 0.550. The molecule has 1 atom stereocenters. The first-order chi connectivity index (χ1) is 14.5. The number of aryl methyl sites for hydroxylation is 2. The van der Waals surface area contributed by atoms with Crippen molar-refractivity contribution in [3.05, 3.63) is 58.7 Å². The molecule has 0 aliphatic carbocycles. The molecule has 2 aromatic carbocycles. The Balaban J connectivity index is 1.57. The third kappa shape index (κ3) is 4.43. The van der Waals surface area contributed by atoms with Crippen molar-refractivity contribution in [2.24, 2.45) is 0 Å². The lowest BCUT2D eigenvalue weighted by atomic mass is 9.94. The minimum Gasteiger partial charge on any atom is -0.488 e. The second-order valence-electron chi connectivity index (χ2n) is 8.57. The molecular formula is C23H24ClNO5S. The van der Waals surface area contributed by atoms with E-state index in [0.29, 0.717) is 17.2 Å². The van der Waals surface area contributed by atoms with Gasteiger partial charge in [0.2, 0.25) is 0 Å². The number of sulfone groups is 1. The number of carboxylic acid groups (broad SMARTS) is 1. The van der Waals surface area contributed by atoms with Gasteiger partial charge >= 0.3 is 5.97 Å². The highest BCUT2D eigenvalue weighted by Crippen LogP contribution is 2.35. The number of hydrogen-bond donors (Lipinski definition) is 2. The molecule has 3 aromatic rings. The van der Waals surface area contributed by atoms with Crippen LogP contribution in [0.25, 0.3) is 10.9 Å². The van der Waals surface area contributed by atoms with Crippen LogP contribution in [-0.2, 0) is 27.5 Å². The Morgan fingerprint density at radius 3 is 2.74 bits per heavy atom. The van der Waals surface area contributed by atoms with Gasteiger partial charge in [0.15, 0.2) is 15.1 Å². The Labute approximate surface area is 186 Å². The van der Waals surface area contributed by atoms with Crippen LogP contribution in [0.15, 0.2) is 47.4 Å². The summed E-state index contributed by atoms with van der Waals surface area (Å²) in [6.07, 6.45) is 1.68. The summed E-state index contributed by atoms with van der Waals surface area (Å²) in [5, 5.41) is 9.66. The van der Waals surface area contributed by atoms with Gasteiger partial charge in [-0.15, -0.1) is 0 Å². The lowest BCUT2D eigenvalue weighted by Crippen LogP contribution is -2.33. The number of halogens is 1. The van der Waals surface area contributed by atoms with Crippen molar-refractivity contribution < 1.29 is 23.1 Å². The normalized spacial score (nSPS) is 16.5. The number of ether oxygens (including phenoxy) is 1. The number of benzene rings is 2. The highest BCUT2D eigenvalue weighted by Gasteiger charge is 2.35. The van der Waals surface area contributed by atoms with Crippen LogP contribution in [0, 0.1) is 0 Å². The van der Waals surface area contributed by atoms with Crippen LogP contribution >= 0.6 is 11.6 Å². The summed E-state index contributed by atoms with van der Waals surface area (Å²) in [5.41, 5.74) is 2.12. The van der Waals surface area contributed by atoms with Gasteiger partial charge < -0.3 is 14.8 Å². The van der Waals surface area contributed by atoms with Crippen LogP contribution in [0.2, 0.25) is 5.02 Å². The van der Waals surface area contributed by atoms with Crippen LogP contribution in [0.4, 0.5) is 0 Å². The van der Waals surface area contributed by atoms with Gasteiger partial charge in [0.05, 0.1) is 4.90 Å². The van der Waals surface area contributed by atoms with Gasteiger partial charge in [0, 0.05) is 21.6 Å². The summed E-state index contributed by atoms with van der Waals surface area (Å²) in [6, 6.07) is 11.9. The number of fused-ring (bicyclic) bond motifs is 2. The SMILES string of the molecule is CC1(C)CCc2cc(S(=O)(=O)C(CCc3cc4cc(Cl)ccc4[nH]3)C(=O)O)ccc2O1. The van der Waals surface area contributed by atoms with Gasteiger partial charge in [0.1, 0.15) is 11.4 Å². The van der Waals surface area contributed by atoms with Crippen molar-refractivity contribution in [1.82, 2.24) is 4.98 Å². The third-order valence-electron chi connectivity index (χ3n) is 5.71. The molecule has 1 aliphatic heterocycles. The monoisotopic (exact) mass is 461 g/mol. The maximum atomic E-state index is 13.2. The Hall–Kier alpha value is -2.51. The van der Waals surface area contributed by atoms with Crippen LogP contribution in [0.3, 0.4) is 0 Å². The summed E-state index contributed by atoms with van der Waals surface area (Å²) in [6.45, 7) is 3.97. The molecule has 8 heteroatoms. The first-order valence-electron chi connectivity index (χ1n) is 10.1. The molecule has 2 N–H and O–H groups in total. The number of carboxylic acids is 1. The third-order valence-corrected chi connectivity index (χ3v) is 8.04. The number of aromatic amines is 1. The van der Waals surface area contributed by atoms with Crippen molar-refractivity contribution in [1.29, 1.82) is 0 Å². The molecule has 1 aromatic heterocycles. The second kappa shape index (κ2) is 7.88. The highest BCUT2D eigenvalue weighted by atomic mass is 35.5. The Morgan fingerprint density at radius 2 is 2.00 bits per heavy atom. The average molecular weight is 462 g/mol. The van der Waals surface area contributed by atoms with Crippen molar-refractivity contribution >= 4 is 38.3 Å². The molecule has 0 saturated carbocycles. The molecule has 0 radical (unpaired) electrons. The van der Waals surface area contributed by atoms with Gasteiger partial charge in [-0.05, 0) is 87.6 Å². The van der Waals surface area contributed by atoms with Crippen LogP contribution in [-0.4, -0.2) is 35.3 Å². The number of rotatable bonds is 6. The fourth-order valence-corrected chi connectivity index (χ4v) is 5.74. The molecule has 1 aliphatic rings. The predicted octanol–water partition coefficient (Wildman–Crippen LogP) is 4.78. The number of carbonyl (C=O) groups is 1. The van der Waals surface area contributed by atoms with E-state index < -0.39 is 21.1 Å².